The fraction of sp³-hybridized carbons (Fsp3) is 0.368. The predicted molar refractivity (Wildman–Crippen MR) is 90.4 cm³/mol. The zero-order valence-electron chi connectivity index (χ0n) is 14.9. The number of ether oxygens (including phenoxy) is 1. The van der Waals surface area contributed by atoms with E-state index in [2.05, 4.69) is 10.3 Å². The number of alkyl halides is 6. The second-order valence-corrected chi connectivity index (χ2v) is 6.53. The highest BCUT2D eigenvalue weighted by molar-refractivity contribution is 5.79. The van der Waals surface area contributed by atoms with E-state index in [0.29, 0.717) is 13.0 Å². The first-order valence-electron chi connectivity index (χ1n) is 8.65. The summed E-state index contributed by atoms with van der Waals surface area (Å²) < 4.78 is 84.4. The van der Waals surface area contributed by atoms with Crippen LogP contribution < -0.4 is 5.32 Å². The molecule has 1 amide bonds. The number of carbonyl (C=O) groups is 1. The maximum Gasteiger partial charge on any atom is 0.418 e. The Morgan fingerprint density at radius 2 is 1.76 bits per heavy atom. The molecule has 1 fully saturated rings. The number of carbonyl (C=O) groups excluding carboxylic acids is 1. The molecule has 1 saturated heterocycles. The number of hydrogen-bond acceptors (Lipinski definition) is 3. The molecule has 0 saturated carbocycles. The molecule has 0 bridgehead atoms. The Kier molecular flexibility index (Phi) is 5.83. The van der Waals surface area contributed by atoms with E-state index in [-0.39, 0.29) is 17.7 Å². The van der Waals surface area contributed by atoms with Gasteiger partial charge in [-0.25, -0.2) is 0 Å². The summed E-state index contributed by atoms with van der Waals surface area (Å²) in [5.74, 6) is -0.861. The molecule has 0 radical (unpaired) electrons. The van der Waals surface area contributed by atoms with Crippen LogP contribution in [0.15, 0.2) is 36.5 Å². The standard InChI is InChI=1S/C19H16F6N2O2/c20-18(21,22)13-3-1-11(2-4-13)14-5-7-26-15(16(14)19(23,24)25)9-27-17(28)12-6-8-29-10-12/h1-5,7,12H,6,8-10H2,(H,27,28)/t12-/m0/s1. The summed E-state index contributed by atoms with van der Waals surface area (Å²) in [7, 11) is 0. The first-order valence-corrected chi connectivity index (χ1v) is 8.65. The van der Waals surface area contributed by atoms with Crippen molar-refractivity contribution < 1.29 is 35.9 Å². The van der Waals surface area contributed by atoms with E-state index in [1.54, 1.807) is 0 Å². The Hall–Kier alpha value is -2.62. The minimum Gasteiger partial charge on any atom is -0.381 e. The number of nitrogens with one attached hydrogen (secondary N) is 1. The van der Waals surface area contributed by atoms with E-state index in [1.165, 1.54) is 0 Å². The summed E-state index contributed by atoms with van der Waals surface area (Å²) in [5, 5.41) is 2.43. The van der Waals surface area contributed by atoms with Crippen molar-refractivity contribution in [2.24, 2.45) is 5.92 Å². The number of halogens is 6. The van der Waals surface area contributed by atoms with Gasteiger partial charge in [0.1, 0.15) is 0 Å². The van der Waals surface area contributed by atoms with Crippen LogP contribution in [0.25, 0.3) is 11.1 Å². The van der Waals surface area contributed by atoms with E-state index in [4.69, 9.17) is 4.74 Å². The number of rotatable bonds is 4. The highest BCUT2D eigenvalue weighted by atomic mass is 19.4. The van der Waals surface area contributed by atoms with Crippen LogP contribution >= 0.6 is 0 Å². The molecule has 2 heterocycles. The van der Waals surface area contributed by atoms with Crippen LogP contribution in [0.1, 0.15) is 23.2 Å². The fourth-order valence-corrected chi connectivity index (χ4v) is 3.09. The van der Waals surface area contributed by atoms with E-state index in [0.717, 1.165) is 36.5 Å². The van der Waals surface area contributed by atoms with Crippen molar-refractivity contribution in [3.63, 3.8) is 0 Å². The number of nitrogens with zero attached hydrogens (tertiary/aromatic N) is 1. The Morgan fingerprint density at radius 3 is 2.31 bits per heavy atom. The lowest BCUT2D eigenvalue weighted by molar-refractivity contribution is -0.139. The van der Waals surface area contributed by atoms with Crippen molar-refractivity contribution in [1.29, 1.82) is 0 Å². The molecule has 0 spiro atoms. The van der Waals surface area contributed by atoms with E-state index in [9.17, 15) is 31.1 Å². The Morgan fingerprint density at radius 1 is 1.07 bits per heavy atom. The normalized spacial score (nSPS) is 17.4. The van der Waals surface area contributed by atoms with Crippen molar-refractivity contribution in [2.45, 2.75) is 25.3 Å². The maximum atomic E-state index is 13.7. The molecule has 1 aliphatic heterocycles. The predicted octanol–water partition coefficient (Wildman–Crippen LogP) is 4.44. The van der Waals surface area contributed by atoms with Crippen molar-refractivity contribution in [2.75, 3.05) is 13.2 Å². The molecule has 1 aromatic carbocycles. The number of aromatic nitrogens is 1. The molecule has 1 aromatic heterocycles. The molecule has 0 unspecified atom stereocenters. The zero-order chi connectivity index (χ0) is 21.2. The maximum absolute atomic E-state index is 13.7. The second kappa shape index (κ2) is 8.02. The van der Waals surface area contributed by atoms with Gasteiger partial charge in [-0.05, 0) is 35.7 Å². The summed E-state index contributed by atoms with van der Waals surface area (Å²) in [6.45, 7) is 0.156. The highest BCUT2D eigenvalue weighted by Crippen LogP contribution is 2.39. The molecule has 1 atom stereocenters. The Balaban J connectivity index is 1.91. The monoisotopic (exact) mass is 418 g/mol. The van der Waals surface area contributed by atoms with E-state index >= 15 is 0 Å². The van der Waals surface area contributed by atoms with Gasteiger partial charge in [0.25, 0.3) is 0 Å². The average molecular weight is 418 g/mol. The van der Waals surface area contributed by atoms with Crippen molar-refractivity contribution in [3.05, 3.63) is 53.3 Å². The quantitative estimate of drug-likeness (QED) is 0.747. The highest BCUT2D eigenvalue weighted by Gasteiger charge is 2.38. The first kappa shape index (κ1) is 21.1. The molecule has 3 rings (SSSR count). The van der Waals surface area contributed by atoms with Crippen molar-refractivity contribution in [3.8, 4) is 11.1 Å². The molecule has 1 aliphatic rings. The lowest BCUT2D eigenvalue weighted by Crippen LogP contribution is -2.31. The summed E-state index contributed by atoms with van der Waals surface area (Å²) in [6.07, 6.45) is -7.80. The smallest absolute Gasteiger partial charge is 0.381 e. The van der Waals surface area contributed by atoms with Gasteiger partial charge in [-0.15, -0.1) is 0 Å². The van der Waals surface area contributed by atoms with Crippen LogP contribution in [0.3, 0.4) is 0 Å². The van der Waals surface area contributed by atoms with Gasteiger partial charge in [-0.2, -0.15) is 26.3 Å². The molecule has 1 N–H and O–H groups in total. The number of amides is 1. The molecule has 10 heteroatoms. The molecular weight excluding hydrogens is 402 g/mol. The van der Waals surface area contributed by atoms with Crippen LogP contribution in [-0.4, -0.2) is 24.1 Å². The van der Waals surface area contributed by atoms with Crippen molar-refractivity contribution >= 4 is 5.91 Å². The van der Waals surface area contributed by atoms with Crippen LogP contribution in [-0.2, 0) is 28.4 Å². The summed E-state index contributed by atoms with van der Waals surface area (Å²) in [4.78, 5) is 15.8. The largest absolute Gasteiger partial charge is 0.418 e. The summed E-state index contributed by atoms with van der Waals surface area (Å²) in [5.41, 5.74) is -2.82. The van der Waals surface area contributed by atoms with Gasteiger partial charge in [-0.3, -0.25) is 9.78 Å². The minimum atomic E-state index is -4.82. The molecular formula is C19H16F6N2O2. The van der Waals surface area contributed by atoms with E-state index in [1.807, 2.05) is 0 Å². The third-order valence-corrected chi connectivity index (χ3v) is 4.57. The molecule has 29 heavy (non-hydrogen) atoms. The lowest BCUT2D eigenvalue weighted by Gasteiger charge is -2.18. The SMILES string of the molecule is O=C(NCc1nccc(-c2ccc(C(F)(F)F)cc2)c1C(F)(F)F)[C@H]1CCOC1. The first-order chi connectivity index (χ1) is 13.6. The number of benzene rings is 1. The van der Waals surface area contributed by atoms with Crippen LogP contribution in [0.2, 0.25) is 0 Å². The lowest BCUT2D eigenvalue weighted by atomic mass is 9.97. The van der Waals surface area contributed by atoms with Crippen LogP contribution in [0.4, 0.5) is 26.3 Å². The average Bonchev–Trinajstić information content (AvgIpc) is 3.19. The minimum absolute atomic E-state index is 0.0375. The number of pyridine rings is 1. The molecule has 0 aliphatic carbocycles. The Bertz CT molecular complexity index is 872. The van der Waals surface area contributed by atoms with Gasteiger partial charge < -0.3 is 10.1 Å². The summed E-state index contributed by atoms with van der Waals surface area (Å²) >= 11 is 0. The van der Waals surface area contributed by atoms with Gasteiger partial charge in [0.2, 0.25) is 5.91 Å². The van der Waals surface area contributed by atoms with E-state index < -0.39 is 47.5 Å². The van der Waals surface area contributed by atoms with Crippen LogP contribution in [0, 0.1) is 5.92 Å². The van der Waals surface area contributed by atoms with Gasteiger partial charge in [-0.1, -0.05) is 12.1 Å². The second-order valence-electron chi connectivity index (χ2n) is 6.53. The van der Waals surface area contributed by atoms with Gasteiger partial charge in [0.05, 0.1) is 35.9 Å². The fourth-order valence-electron chi connectivity index (χ4n) is 3.09. The molecule has 156 valence electrons. The van der Waals surface area contributed by atoms with Crippen LogP contribution in [0.5, 0.6) is 0 Å². The van der Waals surface area contributed by atoms with Gasteiger partial charge in [0, 0.05) is 12.8 Å². The molecule has 4 nitrogen and oxygen atoms in total. The van der Waals surface area contributed by atoms with Gasteiger partial charge in [0.15, 0.2) is 0 Å². The summed E-state index contributed by atoms with van der Waals surface area (Å²) in [6, 6.07) is 4.48. The molecule has 2 aromatic rings. The van der Waals surface area contributed by atoms with Gasteiger partial charge >= 0.3 is 12.4 Å². The zero-order valence-corrected chi connectivity index (χ0v) is 14.9. The topological polar surface area (TPSA) is 51.2 Å². The number of hydrogen-bond donors (Lipinski definition) is 1. The third kappa shape index (κ3) is 4.87. The Labute approximate surface area is 161 Å². The third-order valence-electron chi connectivity index (χ3n) is 4.57. The van der Waals surface area contributed by atoms with Crippen molar-refractivity contribution in [1.82, 2.24) is 10.3 Å².